The van der Waals surface area contributed by atoms with E-state index in [0.29, 0.717) is 6.61 Å². The number of carboxylic acid groups (broad SMARTS) is 1. The number of hydrogen-bond acceptors (Lipinski definition) is 3. The van der Waals surface area contributed by atoms with Gasteiger partial charge in [-0.15, -0.1) is 0 Å². The molecule has 0 unspecified atom stereocenters. The zero-order valence-corrected chi connectivity index (χ0v) is 7.49. The van der Waals surface area contributed by atoms with Crippen molar-refractivity contribution in [1.29, 1.82) is 0 Å². The van der Waals surface area contributed by atoms with Crippen molar-refractivity contribution in [2.45, 2.75) is 6.92 Å². The Kier molecular flexibility index (Phi) is 6.09. The molecule has 0 atom stereocenters. The molecule has 0 aromatic carbocycles. The Morgan fingerprint density at radius 3 is 2.75 bits per heavy atom. The molecule has 0 fully saturated rings. The first-order valence-electron chi connectivity index (χ1n) is 3.84. The van der Waals surface area contributed by atoms with Crippen LogP contribution in [0.4, 0.5) is 0 Å². The van der Waals surface area contributed by atoms with E-state index < -0.39 is 5.97 Å². The summed E-state index contributed by atoms with van der Waals surface area (Å²) in [6.07, 6.45) is 2.68. The summed E-state index contributed by atoms with van der Waals surface area (Å²) in [6, 6.07) is 0. The third-order valence-corrected chi connectivity index (χ3v) is 1.42. The average Bonchev–Trinajstić information content (AvgIpc) is 2.05. The predicted octanol–water partition coefficient (Wildman–Crippen LogP) is 0.553. The highest BCUT2D eigenvalue weighted by Crippen LogP contribution is 1.89. The first-order valence-corrected chi connectivity index (χ1v) is 3.84. The lowest BCUT2D eigenvalue weighted by Crippen LogP contribution is -2.21. The highest BCUT2D eigenvalue weighted by Gasteiger charge is 1.95. The van der Waals surface area contributed by atoms with Crippen molar-refractivity contribution >= 4 is 5.97 Å². The summed E-state index contributed by atoms with van der Waals surface area (Å²) >= 11 is 0. The number of nitrogens with zero attached hydrogens (tertiary/aromatic N) is 1. The Bertz CT molecular complexity index is 156. The van der Waals surface area contributed by atoms with Crippen molar-refractivity contribution in [3.8, 4) is 0 Å². The van der Waals surface area contributed by atoms with Crippen LogP contribution in [0.25, 0.3) is 0 Å². The van der Waals surface area contributed by atoms with Crippen LogP contribution in [0.3, 0.4) is 0 Å². The second-order valence-corrected chi connectivity index (χ2v) is 2.28. The summed E-state index contributed by atoms with van der Waals surface area (Å²) in [7, 11) is 1.62. The molecule has 4 nitrogen and oxygen atoms in total. The van der Waals surface area contributed by atoms with Crippen LogP contribution in [0.15, 0.2) is 12.3 Å². The van der Waals surface area contributed by atoms with Gasteiger partial charge >= 0.3 is 5.97 Å². The number of rotatable bonds is 6. The van der Waals surface area contributed by atoms with Crippen LogP contribution in [-0.4, -0.2) is 42.8 Å². The minimum absolute atomic E-state index is 0.609. The second-order valence-electron chi connectivity index (χ2n) is 2.28. The van der Waals surface area contributed by atoms with Crippen LogP contribution in [0.5, 0.6) is 0 Å². The highest BCUT2D eigenvalue weighted by molar-refractivity contribution is 5.79. The van der Waals surface area contributed by atoms with Crippen LogP contribution in [0, 0.1) is 0 Å². The summed E-state index contributed by atoms with van der Waals surface area (Å²) < 4.78 is 4.86. The first-order chi connectivity index (χ1) is 5.70. The topological polar surface area (TPSA) is 49.8 Å². The van der Waals surface area contributed by atoms with E-state index in [-0.39, 0.29) is 0 Å². The summed E-state index contributed by atoms with van der Waals surface area (Å²) in [5, 5.41) is 8.34. The van der Waals surface area contributed by atoms with E-state index in [0.717, 1.165) is 19.2 Å². The maximum absolute atomic E-state index is 10.1. The van der Waals surface area contributed by atoms with Crippen LogP contribution in [0.1, 0.15) is 6.92 Å². The van der Waals surface area contributed by atoms with Gasteiger partial charge in [-0.3, -0.25) is 0 Å². The molecule has 0 heterocycles. The SMILES string of the molecule is CCN(C=CC(=O)O)CCOC. The van der Waals surface area contributed by atoms with Gasteiger partial charge in [0.2, 0.25) is 0 Å². The van der Waals surface area contributed by atoms with Gasteiger partial charge in [-0.2, -0.15) is 0 Å². The van der Waals surface area contributed by atoms with Gasteiger partial charge in [0.15, 0.2) is 0 Å². The summed E-state index contributed by atoms with van der Waals surface area (Å²) in [5.41, 5.74) is 0. The molecular weight excluding hydrogens is 158 g/mol. The molecule has 0 aromatic heterocycles. The maximum atomic E-state index is 10.1. The molecule has 0 aliphatic carbocycles. The number of ether oxygens (including phenoxy) is 1. The standard InChI is InChI=1S/C8H15NO3/c1-3-9(6-7-12-2)5-4-8(10)11/h4-5H,3,6-7H2,1-2H3,(H,10,11). The van der Waals surface area contributed by atoms with E-state index in [2.05, 4.69) is 0 Å². The second kappa shape index (κ2) is 6.67. The van der Waals surface area contributed by atoms with E-state index in [1.807, 2.05) is 11.8 Å². The third kappa shape index (κ3) is 5.73. The third-order valence-electron chi connectivity index (χ3n) is 1.42. The quantitative estimate of drug-likeness (QED) is 0.596. The smallest absolute Gasteiger partial charge is 0.329 e. The lowest BCUT2D eigenvalue weighted by molar-refractivity contribution is -0.131. The highest BCUT2D eigenvalue weighted by atomic mass is 16.5. The van der Waals surface area contributed by atoms with Crippen LogP contribution < -0.4 is 0 Å². The number of carbonyl (C=O) groups is 1. The molecule has 0 saturated carbocycles. The molecule has 0 rings (SSSR count). The Morgan fingerprint density at radius 2 is 2.33 bits per heavy atom. The van der Waals surface area contributed by atoms with Gasteiger partial charge in [-0.1, -0.05) is 0 Å². The normalized spacial score (nSPS) is 10.5. The maximum Gasteiger partial charge on any atom is 0.329 e. The van der Waals surface area contributed by atoms with Crippen molar-refractivity contribution in [3.63, 3.8) is 0 Å². The van der Waals surface area contributed by atoms with Gasteiger partial charge in [-0.25, -0.2) is 4.79 Å². The molecule has 0 bridgehead atoms. The zero-order valence-electron chi connectivity index (χ0n) is 7.49. The van der Waals surface area contributed by atoms with Crippen molar-refractivity contribution in [2.24, 2.45) is 0 Å². The summed E-state index contributed by atoms with van der Waals surface area (Å²) in [5.74, 6) is -0.925. The van der Waals surface area contributed by atoms with E-state index in [9.17, 15) is 4.79 Å². The van der Waals surface area contributed by atoms with Crippen LogP contribution >= 0.6 is 0 Å². The fraction of sp³-hybridized carbons (Fsp3) is 0.625. The van der Waals surface area contributed by atoms with Gasteiger partial charge in [0.05, 0.1) is 6.61 Å². The largest absolute Gasteiger partial charge is 0.478 e. The number of aliphatic carboxylic acids is 1. The van der Waals surface area contributed by atoms with Gasteiger partial charge in [0, 0.05) is 32.5 Å². The van der Waals surface area contributed by atoms with Crippen molar-refractivity contribution in [3.05, 3.63) is 12.3 Å². The molecule has 1 N–H and O–H groups in total. The fourth-order valence-electron chi connectivity index (χ4n) is 0.716. The molecular formula is C8H15NO3. The molecule has 0 amide bonds. The minimum atomic E-state index is -0.925. The summed E-state index contributed by atoms with van der Waals surface area (Å²) in [6.45, 7) is 4.07. The monoisotopic (exact) mass is 173 g/mol. The number of carboxylic acids is 1. The van der Waals surface area contributed by atoms with E-state index in [1.165, 1.54) is 0 Å². The number of methoxy groups -OCH3 is 1. The fourth-order valence-corrected chi connectivity index (χ4v) is 0.716. The van der Waals surface area contributed by atoms with Gasteiger partial charge in [0.25, 0.3) is 0 Å². The van der Waals surface area contributed by atoms with E-state index >= 15 is 0 Å². The predicted molar refractivity (Wildman–Crippen MR) is 45.9 cm³/mol. The van der Waals surface area contributed by atoms with E-state index in [4.69, 9.17) is 9.84 Å². The lowest BCUT2D eigenvalue weighted by atomic mass is 10.5. The molecule has 0 spiro atoms. The van der Waals surface area contributed by atoms with Crippen LogP contribution in [-0.2, 0) is 9.53 Å². The molecule has 0 aliphatic heterocycles. The van der Waals surface area contributed by atoms with E-state index in [1.54, 1.807) is 13.3 Å². The molecule has 0 radical (unpaired) electrons. The molecule has 12 heavy (non-hydrogen) atoms. The van der Waals surface area contributed by atoms with Gasteiger partial charge < -0.3 is 14.7 Å². The first kappa shape index (κ1) is 11.0. The molecule has 0 saturated heterocycles. The molecule has 70 valence electrons. The van der Waals surface area contributed by atoms with Crippen molar-refractivity contribution < 1.29 is 14.6 Å². The molecule has 0 aliphatic rings. The lowest BCUT2D eigenvalue weighted by Gasteiger charge is -2.16. The Morgan fingerprint density at radius 1 is 1.67 bits per heavy atom. The zero-order chi connectivity index (χ0) is 9.40. The number of hydrogen-bond donors (Lipinski definition) is 1. The Labute approximate surface area is 72.4 Å². The Balaban J connectivity index is 3.73. The molecule has 0 aromatic rings. The van der Waals surface area contributed by atoms with Gasteiger partial charge in [0.1, 0.15) is 0 Å². The van der Waals surface area contributed by atoms with Gasteiger partial charge in [-0.05, 0) is 6.92 Å². The van der Waals surface area contributed by atoms with Crippen LogP contribution in [0.2, 0.25) is 0 Å². The summed E-state index contributed by atoms with van der Waals surface area (Å²) in [4.78, 5) is 12.0. The number of likely N-dealkylation sites (N-methyl/N-ethyl adjacent to an activating group) is 1. The minimum Gasteiger partial charge on any atom is -0.478 e. The van der Waals surface area contributed by atoms with Crippen molar-refractivity contribution in [2.75, 3.05) is 26.8 Å². The average molecular weight is 173 g/mol. The van der Waals surface area contributed by atoms with Crippen molar-refractivity contribution in [1.82, 2.24) is 4.90 Å². The molecule has 4 heteroatoms. The Hall–Kier alpha value is -1.03.